The molecule has 1 heterocycles. The maximum absolute atomic E-state index is 6.21. The molecular formula is C15H23ClN4. The molecule has 0 saturated carbocycles. The Labute approximate surface area is 125 Å². The largest absolute Gasteiger partial charge is 0.369 e. The van der Waals surface area contributed by atoms with Crippen LogP contribution in [0.5, 0.6) is 0 Å². The van der Waals surface area contributed by atoms with E-state index in [1.165, 1.54) is 0 Å². The minimum Gasteiger partial charge on any atom is -0.369 e. The Kier molecular flexibility index (Phi) is 4.89. The van der Waals surface area contributed by atoms with Gasteiger partial charge in [-0.2, -0.15) is 0 Å². The number of anilines is 1. The van der Waals surface area contributed by atoms with E-state index in [9.17, 15) is 0 Å². The highest BCUT2D eigenvalue weighted by Crippen LogP contribution is 2.25. The van der Waals surface area contributed by atoms with E-state index in [4.69, 9.17) is 17.3 Å². The van der Waals surface area contributed by atoms with Gasteiger partial charge in [-0.25, -0.2) is 4.98 Å². The second-order valence-electron chi connectivity index (χ2n) is 5.09. The van der Waals surface area contributed by atoms with E-state index >= 15 is 0 Å². The number of rotatable bonds is 6. The summed E-state index contributed by atoms with van der Waals surface area (Å²) in [4.78, 5) is 6.83. The number of nitrogens with two attached hydrogens (primary N) is 1. The van der Waals surface area contributed by atoms with Gasteiger partial charge in [0.2, 0.25) is 5.95 Å². The molecule has 20 heavy (non-hydrogen) atoms. The van der Waals surface area contributed by atoms with Crippen LogP contribution in [0, 0.1) is 6.92 Å². The zero-order valence-corrected chi connectivity index (χ0v) is 13.2. The van der Waals surface area contributed by atoms with Crippen LogP contribution in [0.4, 0.5) is 5.95 Å². The lowest BCUT2D eigenvalue weighted by Gasteiger charge is -2.18. The number of benzene rings is 1. The van der Waals surface area contributed by atoms with Crippen LogP contribution in [0.2, 0.25) is 5.02 Å². The Hall–Kier alpha value is -1.26. The Morgan fingerprint density at radius 2 is 2.00 bits per heavy atom. The first-order valence-corrected chi connectivity index (χ1v) is 7.58. The number of halogens is 1. The smallest absolute Gasteiger partial charge is 0.201 e. The third kappa shape index (κ3) is 3.07. The van der Waals surface area contributed by atoms with E-state index in [0.717, 1.165) is 54.2 Å². The molecule has 110 valence electrons. The van der Waals surface area contributed by atoms with Crippen molar-refractivity contribution in [1.29, 1.82) is 0 Å². The zero-order chi connectivity index (χ0) is 14.7. The predicted molar refractivity (Wildman–Crippen MR) is 86.3 cm³/mol. The van der Waals surface area contributed by atoms with Gasteiger partial charge < -0.3 is 15.2 Å². The van der Waals surface area contributed by atoms with Crippen LogP contribution >= 0.6 is 11.6 Å². The fourth-order valence-electron chi connectivity index (χ4n) is 2.50. The molecule has 0 aliphatic carbocycles. The summed E-state index contributed by atoms with van der Waals surface area (Å²) in [5, 5.41) is 0.766. The van der Waals surface area contributed by atoms with E-state index in [2.05, 4.69) is 28.3 Å². The van der Waals surface area contributed by atoms with Crippen molar-refractivity contribution in [1.82, 2.24) is 14.5 Å². The molecule has 0 amide bonds. The summed E-state index contributed by atoms with van der Waals surface area (Å²) in [6, 6.07) is 3.96. The summed E-state index contributed by atoms with van der Waals surface area (Å²) in [6.07, 6.45) is 1.06. The van der Waals surface area contributed by atoms with E-state index in [-0.39, 0.29) is 0 Å². The van der Waals surface area contributed by atoms with Gasteiger partial charge in [0.25, 0.3) is 0 Å². The molecule has 2 rings (SSSR count). The minimum absolute atomic E-state index is 0.571. The molecular weight excluding hydrogens is 272 g/mol. The maximum atomic E-state index is 6.21. The van der Waals surface area contributed by atoms with Gasteiger partial charge in [0.1, 0.15) is 0 Å². The van der Waals surface area contributed by atoms with Crippen molar-refractivity contribution >= 4 is 28.6 Å². The monoisotopic (exact) mass is 294 g/mol. The van der Waals surface area contributed by atoms with Crippen molar-refractivity contribution in [2.24, 2.45) is 0 Å². The Morgan fingerprint density at radius 1 is 1.30 bits per heavy atom. The van der Waals surface area contributed by atoms with Gasteiger partial charge in [0.05, 0.1) is 11.0 Å². The summed E-state index contributed by atoms with van der Waals surface area (Å²) in [5.41, 5.74) is 9.01. The molecule has 0 bridgehead atoms. The first-order valence-electron chi connectivity index (χ1n) is 7.21. The van der Waals surface area contributed by atoms with Crippen LogP contribution in [0.3, 0.4) is 0 Å². The van der Waals surface area contributed by atoms with Gasteiger partial charge in [-0.1, -0.05) is 25.4 Å². The van der Waals surface area contributed by atoms with E-state index < -0.39 is 0 Å². The number of fused-ring (bicyclic) bond motifs is 1. The molecule has 0 fully saturated rings. The highest BCUT2D eigenvalue weighted by atomic mass is 35.5. The fourth-order valence-corrected chi connectivity index (χ4v) is 2.65. The van der Waals surface area contributed by atoms with E-state index in [1.807, 2.05) is 19.1 Å². The minimum atomic E-state index is 0.571. The lowest BCUT2D eigenvalue weighted by molar-refractivity contribution is 0.294. The van der Waals surface area contributed by atoms with Crippen LogP contribution in [-0.4, -0.2) is 34.1 Å². The summed E-state index contributed by atoms with van der Waals surface area (Å²) >= 11 is 6.21. The molecule has 1 aromatic heterocycles. The van der Waals surface area contributed by atoms with Gasteiger partial charge >= 0.3 is 0 Å². The van der Waals surface area contributed by atoms with Crippen molar-refractivity contribution in [3.63, 3.8) is 0 Å². The molecule has 0 aliphatic heterocycles. The number of nitrogens with zero attached hydrogens (tertiary/aromatic N) is 3. The van der Waals surface area contributed by atoms with Gasteiger partial charge in [0.15, 0.2) is 0 Å². The van der Waals surface area contributed by atoms with E-state index in [0.29, 0.717) is 5.95 Å². The van der Waals surface area contributed by atoms with Gasteiger partial charge in [-0.15, -0.1) is 0 Å². The Balaban J connectivity index is 2.17. The highest BCUT2D eigenvalue weighted by Gasteiger charge is 2.10. The summed E-state index contributed by atoms with van der Waals surface area (Å²) in [5.74, 6) is 0.571. The Bertz CT molecular complexity index is 587. The maximum Gasteiger partial charge on any atom is 0.201 e. The van der Waals surface area contributed by atoms with Crippen LogP contribution in [0.15, 0.2) is 12.1 Å². The molecule has 1 aromatic carbocycles. The van der Waals surface area contributed by atoms with Gasteiger partial charge in [-0.05, 0) is 50.7 Å². The van der Waals surface area contributed by atoms with Crippen LogP contribution in [0.1, 0.15) is 25.8 Å². The molecule has 2 aromatic rings. The number of aryl methyl sites for hydroxylation is 2. The molecule has 0 saturated heterocycles. The molecule has 0 unspecified atom stereocenters. The average Bonchev–Trinajstić information content (AvgIpc) is 2.71. The van der Waals surface area contributed by atoms with E-state index in [1.54, 1.807) is 0 Å². The molecule has 0 aliphatic rings. The summed E-state index contributed by atoms with van der Waals surface area (Å²) in [6.45, 7) is 10.5. The molecule has 0 atom stereocenters. The van der Waals surface area contributed by atoms with Crippen molar-refractivity contribution in [3.8, 4) is 0 Å². The third-order valence-corrected chi connectivity index (χ3v) is 4.22. The lowest BCUT2D eigenvalue weighted by atomic mass is 10.2. The van der Waals surface area contributed by atoms with Crippen LogP contribution < -0.4 is 5.73 Å². The standard InChI is InChI=1S/C15H23ClN4/c1-4-19(5-2)7-6-8-20-14-10-12(16)11(3)9-13(14)18-15(20)17/h9-10H,4-8H2,1-3H3,(H2,17,18). The third-order valence-electron chi connectivity index (χ3n) is 3.81. The number of hydrogen-bond donors (Lipinski definition) is 1. The number of aromatic nitrogens is 2. The Morgan fingerprint density at radius 3 is 2.65 bits per heavy atom. The topological polar surface area (TPSA) is 47.1 Å². The average molecular weight is 295 g/mol. The second-order valence-corrected chi connectivity index (χ2v) is 5.50. The molecule has 0 spiro atoms. The lowest BCUT2D eigenvalue weighted by Crippen LogP contribution is -2.25. The van der Waals surface area contributed by atoms with Crippen molar-refractivity contribution in [2.45, 2.75) is 33.7 Å². The molecule has 0 radical (unpaired) electrons. The SMILES string of the molecule is CCN(CC)CCCn1c(N)nc2cc(C)c(Cl)cc21. The second kappa shape index (κ2) is 6.46. The normalized spacial score (nSPS) is 11.7. The first kappa shape index (κ1) is 15.1. The number of nitrogen functional groups attached to an aromatic ring is 1. The first-order chi connectivity index (χ1) is 9.56. The van der Waals surface area contributed by atoms with Crippen LogP contribution in [0.25, 0.3) is 11.0 Å². The van der Waals surface area contributed by atoms with Gasteiger partial charge in [-0.3, -0.25) is 0 Å². The van der Waals surface area contributed by atoms with Crippen molar-refractivity contribution in [3.05, 3.63) is 22.7 Å². The molecule has 4 nitrogen and oxygen atoms in total. The molecule has 5 heteroatoms. The van der Waals surface area contributed by atoms with Crippen molar-refractivity contribution < 1.29 is 0 Å². The zero-order valence-electron chi connectivity index (χ0n) is 12.5. The fraction of sp³-hybridized carbons (Fsp3) is 0.533. The van der Waals surface area contributed by atoms with Crippen molar-refractivity contribution in [2.75, 3.05) is 25.4 Å². The van der Waals surface area contributed by atoms with Crippen LogP contribution in [-0.2, 0) is 6.54 Å². The summed E-state index contributed by atoms with van der Waals surface area (Å²) in [7, 11) is 0. The molecule has 2 N–H and O–H groups in total. The quantitative estimate of drug-likeness (QED) is 0.889. The predicted octanol–water partition coefficient (Wildman–Crippen LogP) is 3.31. The number of hydrogen-bond acceptors (Lipinski definition) is 3. The van der Waals surface area contributed by atoms with Gasteiger partial charge in [0, 0.05) is 11.6 Å². The number of imidazole rings is 1. The summed E-state index contributed by atoms with van der Waals surface area (Å²) < 4.78 is 2.06. The highest BCUT2D eigenvalue weighted by molar-refractivity contribution is 6.32.